The largest absolute Gasteiger partial charge is 0.364 e. The van der Waals surface area contributed by atoms with Gasteiger partial charge in [-0.05, 0) is 42.7 Å². The summed E-state index contributed by atoms with van der Waals surface area (Å²) in [6.45, 7) is 1.11. The summed E-state index contributed by atoms with van der Waals surface area (Å²) < 4.78 is 1.60. The second-order valence-electron chi connectivity index (χ2n) is 5.59. The second kappa shape index (κ2) is 4.81. The van der Waals surface area contributed by atoms with Gasteiger partial charge in [0.25, 0.3) is 0 Å². The Bertz CT molecular complexity index is 763. The Morgan fingerprint density at radius 1 is 1.10 bits per heavy atom. The standard InChI is InChI=1S/C17H18N4/c18-21-12-19-15-9-8-13(11-17(15)21)16-7-4-10-20(16)14-5-2-1-3-6-14/h1-3,5-6,8-9,11-12,16H,4,7,10,18H2/t16-/m1/s1. The molecule has 1 aliphatic heterocycles. The normalized spacial score (nSPS) is 18.5. The molecule has 1 atom stereocenters. The van der Waals surface area contributed by atoms with Gasteiger partial charge >= 0.3 is 0 Å². The van der Waals surface area contributed by atoms with E-state index in [0.717, 1.165) is 17.6 Å². The summed E-state index contributed by atoms with van der Waals surface area (Å²) in [6.07, 6.45) is 4.07. The molecule has 1 aliphatic rings. The van der Waals surface area contributed by atoms with Gasteiger partial charge in [0, 0.05) is 12.2 Å². The van der Waals surface area contributed by atoms with Gasteiger partial charge in [-0.2, -0.15) is 0 Å². The summed E-state index contributed by atoms with van der Waals surface area (Å²) >= 11 is 0. The van der Waals surface area contributed by atoms with Crippen LogP contribution >= 0.6 is 0 Å². The zero-order valence-corrected chi connectivity index (χ0v) is 11.8. The Labute approximate surface area is 123 Å². The van der Waals surface area contributed by atoms with Crippen molar-refractivity contribution in [2.24, 2.45) is 0 Å². The van der Waals surface area contributed by atoms with E-state index >= 15 is 0 Å². The van der Waals surface area contributed by atoms with Crippen molar-refractivity contribution in [2.45, 2.75) is 18.9 Å². The molecule has 2 heterocycles. The fourth-order valence-electron chi connectivity index (χ4n) is 3.29. The van der Waals surface area contributed by atoms with Crippen LogP contribution in [0.3, 0.4) is 0 Å². The van der Waals surface area contributed by atoms with Gasteiger partial charge in [0.2, 0.25) is 0 Å². The number of benzene rings is 2. The SMILES string of the molecule is Nn1cnc2ccc([C@H]3CCCN3c3ccccc3)cc21. The number of rotatable bonds is 2. The van der Waals surface area contributed by atoms with Crippen molar-refractivity contribution in [3.63, 3.8) is 0 Å². The predicted octanol–water partition coefficient (Wildman–Crippen LogP) is 3.09. The molecule has 0 radical (unpaired) electrons. The highest BCUT2D eigenvalue weighted by Gasteiger charge is 2.26. The van der Waals surface area contributed by atoms with E-state index in [2.05, 4.69) is 58.4 Å². The van der Waals surface area contributed by atoms with Gasteiger partial charge in [-0.1, -0.05) is 24.3 Å². The van der Waals surface area contributed by atoms with E-state index < -0.39 is 0 Å². The van der Waals surface area contributed by atoms with Crippen LogP contribution in [0.15, 0.2) is 54.9 Å². The third-order valence-corrected chi connectivity index (χ3v) is 4.32. The highest BCUT2D eigenvalue weighted by atomic mass is 15.3. The molecule has 4 rings (SSSR count). The van der Waals surface area contributed by atoms with Gasteiger partial charge in [-0.3, -0.25) is 0 Å². The van der Waals surface area contributed by atoms with E-state index in [0.29, 0.717) is 6.04 Å². The maximum absolute atomic E-state index is 5.93. The van der Waals surface area contributed by atoms with E-state index in [1.54, 1.807) is 11.0 Å². The van der Waals surface area contributed by atoms with Gasteiger partial charge in [0.15, 0.2) is 0 Å². The highest BCUT2D eigenvalue weighted by Crippen LogP contribution is 2.36. The number of anilines is 1. The lowest BCUT2D eigenvalue weighted by Crippen LogP contribution is -2.22. The number of hydrogen-bond donors (Lipinski definition) is 1. The fourth-order valence-corrected chi connectivity index (χ4v) is 3.29. The first-order valence-electron chi connectivity index (χ1n) is 7.37. The van der Waals surface area contributed by atoms with E-state index in [4.69, 9.17) is 5.84 Å². The quantitative estimate of drug-likeness (QED) is 0.733. The van der Waals surface area contributed by atoms with Crippen molar-refractivity contribution >= 4 is 16.7 Å². The van der Waals surface area contributed by atoms with Crippen LogP contribution in [0, 0.1) is 0 Å². The van der Waals surface area contributed by atoms with Crippen LogP contribution in [0.25, 0.3) is 11.0 Å². The molecule has 0 amide bonds. The Morgan fingerprint density at radius 3 is 2.81 bits per heavy atom. The first-order chi connectivity index (χ1) is 10.3. The maximum atomic E-state index is 5.93. The summed E-state index contributed by atoms with van der Waals surface area (Å²) in [5.74, 6) is 5.93. The van der Waals surface area contributed by atoms with E-state index in [9.17, 15) is 0 Å². The molecule has 2 aromatic carbocycles. The number of hydrogen-bond acceptors (Lipinski definition) is 3. The third kappa shape index (κ3) is 2.03. The molecule has 21 heavy (non-hydrogen) atoms. The Kier molecular flexibility index (Phi) is 2.81. The fraction of sp³-hybridized carbons (Fsp3) is 0.235. The van der Waals surface area contributed by atoms with E-state index in [1.165, 1.54) is 24.1 Å². The number of aromatic nitrogens is 2. The monoisotopic (exact) mass is 278 g/mol. The van der Waals surface area contributed by atoms with Crippen LogP contribution in [0.5, 0.6) is 0 Å². The van der Waals surface area contributed by atoms with Crippen molar-refractivity contribution in [3.05, 3.63) is 60.4 Å². The number of fused-ring (bicyclic) bond motifs is 1. The van der Waals surface area contributed by atoms with Crippen molar-refractivity contribution in [1.82, 2.24) is 9.66 Å². The molecule has 2 N–H and O–H groups in total. The minimum Gasteiger partial charge on any atom is -0.364 e. The summed E-state index contributed by atoms with van der Waals surface area (Å²) in [7, 11) is 0. The van der Waals surface area contributed by atoms with Crippen molar-refractivity contribution in [2.75, 3.05) is 17.3 Å². The molecule has 4 nitrogen and oxygen atoms in total. The van der Waals surface area contributed by atoms with Gasteiger partial charge in [-0.15, -0.1) is 0 Å². The van der Waals surface area contributed by atoms with Crippen LogP contribution in [-0.2, 0) is 0 Å². The molecular weight excluding hydrogens is 260 g/mol. The lowest BCUT2D eigenvalue weighted by Gasteiger charge is -2.27. The Morgan fingerprint density at radius 2 is 1.95 bits per heavy atom. The average molecular weight is 278 g/mol. The molecule has 106 valence electrons. The molecular formula is C17H18N4. The van der Waals surface area contributed by atoms with Crippen molar-refractivity contribution < 1.29 is 0 Å². The molecule has 0 unspecified atom stereocenters. The lowest BCUT2D eigenvalue weighted by molar-refractivity contribution is 0.720. The smallest absolute Gasteiger partial charge is 0.115 e. The molecule has 4 heteroatoms. The average Bonchev–Trinajstić information content (AvgIpc) is 3.15. The van der Waals surface area contributed by atoms with E-state index in [-0.39, 0.29) is 0 Å². The van der Waals surface area contributed by atoms with E-state index in [1.807, 2.05) is 0 Å². The molecule has 1 aromatic heterocycles. The maximum Gasteiger partial charge on any atom is 0.115 e. The number of para-hydroxylation sites is 1. The van der Waals surface area contributed by atoms with Crippen LogP contribution in [-0.4, -0.2) is 16.2 Å². The summed E-state index contributed by atoms with van der Waals surface area (Å²) in [5, 5.41) is 0. The topological polar surface area (TPSA) is 47.1 Å². The van der Waals surface area contributed by atoms with Gasteiger partial charge in [0.1, 0.15) is 6.33 Å². The molecule has 1 saturated heterocycles. The van der Waals surface area contributed by atoms with Crippen LogP contribution in [0.1, 0.15) is 24.4 Å². The van der Waals surface area contributed by atoms with Crippen LogP contribution in [0.2, 0.25) is 0 Å². The summed E-state index contributed by atoms with van der Waals surface area (Å²) in [5.41, 5.74) is 4.55. The zero-order valence-electron chi connectivity index (χ0n) is 11.8. The van der Waals surface area contributed by atoms with Gasteiger partial charge in [0.05, 0.1) is 17.1 Å². The summed E-state index contributed by atoms with van der Waals surface area (Å²) in [4.78, 5) is 6.77. The molecule has 3 aromatic rings. The van der Waals surface area contributed by atoms with Gasteiger partial charge < -0.3 is 10.7 Å². The number of nitrogens with zero attached hydrogens (tertiary/aromatic N) is 3. The lowest BCUT2D eigenvalue weighted by atomic mass is 10.0. The molecule has 1 fully saturated rings. The first kappa shape index (κ1) is 12.3. The molecule has 0 aliphatic carbocycles. The Hall–Kier alpha value is -2.49. The molecule has 0 spiro atoms. The number of nitrogens with two attached hydrogens (primary N) is 1. The van der Waals surface area contributed by atoms with Crippen LogP contribution in [0.4, 0.5) is 5.69 Å². The minimum absolute atomic E-state index is 0.423. The molecule has 0 saturated carbocycles. The van der Waals surface area contributed by atoms with Crippen molar-refractivity contribution in [3.8, 4) is 0 Å². The number of imidazole rings is 1. The predicted molar refractivity (Wildman–Crippen MR) is 85.6 cm³/mol. The Balaban J connectivity index is 1.74. The molecule has 0 bridgehead atoms. The van der Waals surface area contributed by atoms with Gasteiger partial charge in [-0.25, -0.2) is 9.66 Å². The summed E-state index contributed by atoms with van der Waals surface area (Å²) in [6, 6.07) is 17.5. The minimum atomic E-state index is 0.423. The zero-order chi connectivity index (χ0) is 14.2. The number of nitrogen functional groups attached to an aromatic ring is 1. The second-order valence-corrected chi connectivity index (χ2v) is 5.59. The third-order valence-electron chi connectivity index (χ3n) is 4.32. The first-order valence-corrected chi connectivity index (χ1v) is 7.37. The van der Waals surface area contributed by atoms with Crippen molar-refractivity contribution in [1.29, 1.82) is 0 Å². The highest BCUT2D eigenvalue weighted by molar-refractivity contribution is 5.76. The van der Waals surface area contributed by atoms with Crippen LogP contribution < -0.4 is 10.7 Å².